The first-order valence-electron chi connectivity index (χ1n) is 13.1. The van der Waals surface area contributed by atoms with Crippen molar-refractivity contribution in [2.24, 2.45) is 5.92 Å². The normalized spacial score (nSPS) is 26.1. The van der Waals surface area contributed by atoms with Crippen LogP contribution < -0.4 is 11.4 Å². The molecule has 1 aliphatic heterocycles. The highest BCUT2D eigenvalue weighted by molar-refractivity contribution is 6.74. The zero-order chi connectivity index (χ0) is 27.9. The van der Waals surface area contributed by atoms with Gasteiger partial charge in [-0.15, -0.1) is 0 Å². The molecule has 0 amide bonds. The summed E-state index contributed by atoms with van der Waals surface area (Å²) in [5.41, 5.74) is 4.01. The van der Waals surface area contributed by atoms with Crippen LogP contribution in [-0.4, -0.2) is 50.7 Å². The molecule has 10 heteroatoms. The van der Waals surface area contributed by atoms with Gasteiger partial charge in [0.25, 0.3) is 0 Å². The number of rotatable bonds is 9. The van der Waals surface area contributed by atoms with Gasteiger partial charge >= 0.3 is 5.69 Å². The molecule has 1 aliphatic rings. The lowest BCUT2D eigenvalue weighted by Gasteiger charge is -2.45. The van der Waals surface area contributed by atoms with Crippen LogP contribution in [0.25, 0.3) is 0 Å². The van der Waals surface area contributed by atoms with Gasteiger partial charge in [0, 0.05) is 6.20 Å². The second-order valence-corrected chi connectivity index (χ2v) is 23.4. The fourth-order valence-corrected chi connectivity index (χ4v) is 6.12. The Balaban J connectivity index is 2.62. The Labute approximate surface area is 219 Å². The lowest BCUT2D eigenvalue weighted by molar-refractivity contribution is -0.129. The molecule has 1 aromatic rings. The van der Waals surface area contributed by atoms with Gasteiger partial charge in [-0.1, -0.05) is 55.4 Å². The Morgan fingerprint density at radius 2 is 1.69 bits per heavy atom. The summed E-state index contributed by atoms with van der Waals surface area (Å²) in [6, 6.07) is 1.49. The van der Waals surface area contributed by atoms with Crippen molar-refractivity contribution in [3.8, 4) is 0 Å². The minimum atomic E-state index is -2.41. The SMILES string of the molecule is CC(C)CC[C@]1(CO[Si](C)(C)C(C)(C)C)O[C@@H](n2ccc(N)nc2=O)[C@H](F)C1O[Si](C)(C)C(C)(C)C. The zero-order valence-corrected chi connectivity index (χ0v) is 26.6. The molecule has 208 valence electrons. The largest absolute Gasteiger partial charge is 0.414 e. The van der Waals surface area contributed by atoms with Crippen LogP contribution in [0.15, 0.2) is 17.1 Å². The topological polar surface area (TPSA) is 88.6 Å². The molecule has 0 radical (unpaired) electrons. The molecule has 7 nitrogen and oxygen atoms in total. The van der Waals surface area contributed by atoms with Gasteiger partial charge in [0.1, 0.15) is 17.5 Å². The standard InChI is InChI=1S/C26H50FN3O4Si2/c1-18(2)13-15-26(17-32-35(9,10)24(3,4)5)21(34-36(11,12)25(6,7)8)20(27)22(33-26)30-16-14-19(28)29-23(30)31/h14,16,18,20-22H,13,15,17H2,1-12H3,(H2,28,29,31)/t20-,21?,22-,26-/m1/s1. The summed E-state index contributed by atoms with van der Waals surface area (Å²) in [6.07, 6.45) is -0.790. The van der Waals surface area contributed by atoms with Gasteiger partial charge in [0.2, 0.25) is 0 Å². The number of aromatic nitrogens is 2. The Morgan fingerprint density at radius 1 is 1.14 bits per heavy atom. The average Bonchev–Trinajstić information content (AvgIpc) is 2.95. The summed E-state index contributed by atoms with van der Waals surface area (Å²) in [7, 11) is -4.59. The van der Waals surface area contributed by atoms with E-state index in [1.807, 2.05) is 0 Å². The van der Waals surface area contributed by atoms with E-state index in [0.717, 1.165) is 6.42 Å². The van der Waals surface area contributed by atoms with Crippen LogP contribution >= 0.6 is 0 Å². The summed E-state index contributed by atoms with van der Waals surface area (Å²) < 4.78 is 37.8. The van der Waals surface area contributed by atoms with Crippen LogP contribution in [0.5, 0.6) is 0 Å². The highest BCUT2D eigenvalue weighted by atomic mass is 28.4. The molecule has 2 rings (SSSR count). The monoisotopic (exact) mass is 543 g/mol. The molecule has 36 heavy (non-hydrogen) atoms. The molecular weight excluding hydrogens is 493 g/mol. The summed E-state index contributed by atoms with van der Waals surface area (Å²) in [4.78, 5) is 16.5. The van der Waals surface area contributed by atoms with Gasteiger partial charge in [0.05, 0.1) is 6.61 Å². The third kappa shape index (κ3) is 6.67. The van der Waals surface area contributed by atoms with Crippen molar-refractivity contribution in [2.45, 2.75) is 129 Å². The van der Waals surface area contributed by atoms with Gasteiger partial charge in [-0.2, -0.15) is 4.98 Å². The summed E-state index contributed by atoms with van der Waals surface area (Å²) in [6.45, 7) is 26.0. The van der Waals surface area contributed by atoms with E-state index >= 15 is 4.39 Å². The van der Waals surface area contributed by atoms with Crippen LogP contribution in [0.1, 0.15) is 74.5 Å². The van der Waals surface area contributed by atoms with Crippen LogP contribution in [-0.2, 0) is 13.6 Å². The second-order valence-electron chi connectivity index (χ2n) is 13.8. The predicted octanol–water partition coefficient (Wildman–Crippen LogP) is 6.28. The van der Waals surface area contributed by atoms with Crippen LogP contribution in [0.4, 0.5) is 10.2 Å². The molecular formula is C26H50FN3O4Si2. The van der Waals surface area contributed by atoms with Crippen molar-refractivity contribution in [2.75, 3.05) is 12.3 Å². The number of nitrogens with two attached hydrogens (primary N) is 1. The molecule has 0 bridgehead atoms. The maximum atomic E-state index is 16.5. The van der Waals surface area contributed by atoms with E-state index < -0.39 is 46.4 Å². The number of hydrogen-bond acceptors (Lipinski definition) is 6. The molecule has 0 aromatic carbocycles. The van der Waals surface area contributed by atoms with Crippen LogP contribution in [0.3, 0.4) is 0 Å². The Morgan fingerprint density at radius 3 is 2.17 bits per heavy atom. The molecule has 0 spiro atoms. The number of alkyl halides is 1. The molecule has 1 aromatic heterocycles. The Hall–Kier alpha value is -1.08. The van der Waals surface area contributed by atoms with Gasteiger partial charge in [-0.25, -0.2) is 9.18 Å². The van der Waals surface area contributed by atoms with E-state index in [2.05, 4.69) is 86.6 Å². The first-order valence-corrected chi connectivity index (χ1v) is 18.9. The minimum Gasteiger partial charge on any atom is -0.414 e. The van der Waals surface area contributed by atoms with Crippen molar-refractivity contribution in [1.82, 2.24) is 9.55 Å². The highest BCUT2D eigenvalue weighted by Crippen LogP contribution is 2.49. The van der Waals surface area contributed by atoms with E-state index in [-0.39, 0.29) is 22.5 Å². The summed E-state index contributed by atoms with van der Waals surface area (Å²) in [5, 5.41) is -0.151. The maximum Gasteiger partial charge on any atom is 0.351 e. The second kappa shape index (κ2) is 10.6. The molecule has 2 heterocycles. The highest BCUT2D eigenvalue weighted by Gasteiger charge is 2.60. The third-order valence-corrected chi connectivity index (χ3v) is 17.4. The van der Waals surface area contributed by atoms with E-state index in [1.165, 1.54) is 16.8 Å². The number of nitrogen functional groups attached to an aromatic ring is 1. The lowest BCUT2D eigenvalue weighted by Crippen LogP contribution is -2.56. The molecule has 1 unspecified atom stereocenters. The van der Waals surface area contributed by atoms with Crippen molar-refractivity contribution >= 4 is 22.5 Å². The molecule has 1 saturated heterocycles. The van der Waals surface area contributed by atoms with Gasteiger partial charge in [-0.3, -0.25) is 4.57 Å². The van der Waals surface area contributed by atoms with E-state index in [4.69, 9.17) is 19.3 Å². The number of anilines is 1. The Kier molecular flexibility index (Phi) is 9.16. The molecule has 1 fully saturated rings. The number of ether oxygens (including phenoxy) is 1. The minimum absolute atomic E-state index is 0.0209. The van der Waals surface area contributed by atoms with Crippen molar-refractivity contribution < 1.29 is 18.0 Å². The Bertz CT molecular complexity index is 956. The summed E-state index contributed by atoms with van der Waals surface area (Å²) in [5.74, 6) is 0.468. The van der Waals surface area contributed by atoms with Crippen molar-refractivity contribution in [3.63, 3.8) is 0 Å². The number of nitrogens with zero attached hydrogens (tertiary/aromatic N) is 2. The lowest BCUT2D eigenvalue weighted by atomic mass is 9.89. The third-order valence-electron chi connectivity index (χ3n) is 8.42. The van der Waals surface area contributed by atoms with Gasteiger partial charge in [-0.05, 0) is 61.1 Å². The van der Waals surface area contributed by atoms with E-state index in [9.17, 15) is 4.79 Å². The van der Waals surface area contributed by atoms with Gasteiger partial charge < -0.3 is 19.3 Å². The van der Waals surface area contributed by atoms with E-state index in [0.29, 0.717) is 12.3 Å². The molecule has 0 aliphatic carbocycles. The summed E-state index contributed by atoms with van der Waals surface area (Å²) >= 11 is 0. The van der Waals surface area contributed by atoms with Crippen LogP contribution in [0, 0.1) is 5.92 Å². The van der Waals surface area contributed by atoms with Gasteiger partial charge in [0.15, 0.2) is 29.0 Å². The maximum absolute atomic E-state index is 16.5. The van der Waals surface area contributed by atoms with Crippen molar-refractivity contribution in [3.05, 3.63) is 22.7 Å². The van der Waals surface area contributed by atoms with E-state index in [1.54, 1.807) is 0 Å². The first kappa shape index (κ1) is 31.1. The average molecular weight is 544 g/mol. The quantitative estimate of drug-likeness (QED) is 0.369. The molecule has 0 saturated carbocycles. The molecule has 2 N–H and O–H groups in total. The van der Waals surface area contributed by atoms with Crippen molar-refractivity contribution in [1.29, 1.82) is 0 Å². The van der Waals surface area contributed by atoms with Crippen LogP contribution in [0.2, 0.25) is 36.3 Å². The first-order chi connectivity index (χ1) is 16.1. The number of hydrogen-bond donors (Lipinski definition) is 1. The fourth-order valence-electron chi connectivity index (χ4n) is 3.75. The smallest absolute Gasteiger partial charge is 0.351 e. The molecule has 4 atom stereocenters. The predicted molar refractivity (Wildman–Crippen MR) is 150 cm³/mol. The fraction of sp³-hybridized carbons (Fsp3) is 0.846. The number of halogens is 1. The zero-order valence-electron chi connectivity index (χ0n) is 24.6.